The molecule has 0 radical (unpaired) electrons. The van der Waals surface area contributed by atoms with Gasteiger partial charge in [0.1, 0.15) is 5.82 Å². The Morgan fingerprint density at radius 3 is 2.88 bits per heavy atom. The van der Waals surface area contributed by atoms with E-state index in [1.807, 2.05) is 0 Å². The van der Waals surface area contributed by atoms with Crippen LogP contribution in [0.2, 0.25) is 0 Å². The summed E-state index contributed by atoms with van der Waals surface area (Å²) in [6.07, 6.45) is 0. The molecule has 1 rings (SSSR count). The Labute approximate surface area is 99.4 Å². The Hall–Kier alpha value is -2.06. The predicted molar refractivity (Wildman–Crippen MR) is 65.0 cm³/mol. The first-order chi connectivity index (χ1) is 8.17. The summed E-state index contributed by atoms with van der Waals surface area (Å²) in [5.74, 6) is 4.80. The number of amides is 2. The summed E-state index contributed by atoms with van der Waals surface area (Å²) in [5, 5.41) is 4.91. The van der Waals surface area contributed by atoms with Crippen molar-refractivity contribution in [1.82, 2.24) is 5.32 Å². The molecule has 0 aliphatic heterocycles. The van der Waals surface area contributed by atoms with Crippen molar-refractivity contribution in [3.63, 3.8) is 0 Å². The fourth-order valence-corrected chi connectivity index (χ4v) is 1.17. The average Bonchev–Trinajstić information content (AvgIpc) is 2.30. The highest BCUT2D eigenvalue weighted by molar-refractivity contribution is 5.89. The van der Waals surface area contributed by atoms with Gasteiger partial charge in [-0.25, -0.2) is 9.18 Å². The molecule has 0 saturated carbocycles. The molecule has 0 spiro atoms. The van der Waals surface area contributed by atoms with Gasteiger partial charge in [0.2, 0.25) is 0 Å². The largest absolute Gasteiger partial charge is 0.338 e. The number of carbonyl (C=O) groups excluding carboxylic acids is 1. The Bertz CT molecular complexity index is 463. The minimum atomic E-state index is -0.528. The number of anilines is 1. The van der Waals surface area contributed by atoms with Crippen LogP contribution in [0.4, 0.5) is 14.9 Å². The quantitative estimate of drug-likeness (QED) is 0.676. The van der Waals surface area contributed by atoms with Gasteiger partial charge in [0.05, 0.1) is 12.2 Å². The number of rotatable bonds is 2. The van der Waals surface area contributed by atoms with Crippen LogP contribution in [0, 0.1) is 17.7 Å². The molecule has 4 nitrogen and oxygen atoms in total. The molecule has 0 unspecified atom stereocenters. The minimum absolute atomic E-state index is 0.120. The molecule has 0 aliphatic carbocycles. The van der Waals surface area contributed by atoms with Crippen LogP contribution in [0.5, 0.6) is 0 Å². The van der Waals surface area contributed by atoms with E-state index >= 15 is 0 Å². The van der Waals surface area contributed by atoms with Gasteiger partial charge in [-0.05, 0) is 25.1 Å². The molecular weight excluding hydrogens is 221 g/mol. The van der Waals surface area contributed by atoms with Crippen LogP contribution in [0.1, 0.15) is 12.5 Å². The number of carbonyl (C=O) groups is 1. The molecule has 0 fully saturated rings. The summed E-state index contributed by atoms with van der Waals surface area (Å²) in [6, 6.07) is 3.90. The van der Waals surface area contributed by atoms with E-state index in [0.29, 0.717) is 12.1 Å². The monoisotopic (exact) mass is 235 g/mol. The van der Waals surface area contributed by atoms with E-state index in [9.17, 15) is 9.18 Å². The van der Waals surface area contributed by atoms with Crippen molar-refractivity contribution < 1.29 is 9.18 Å². The SMILES string of the molecule is CCNC(=O)Nc1ccc(C#CCN)cc1F. The highest BCUT2D eigenvalue weighted by Crippen LogP contribution is 2.15. The van der Waals surface area contributed by atoms with Gasteiger partial charge < -0.3 is 16.4 Å². The lowest BCUT2D eigenvalue weighted by molar-refractivity contribution is 0.252. The normalized spacial score (nSPS) is 9.12. The summed E-state index contributed by atoms with van der Waals surface area (Å²) in [7, 11) is 0. The van der Waals surface area contributed by atoms with E-state index in [4.69, 9.17) is 5.73 Å². The molecule has 4 N–H and O–H groups in total. The number of urea groups is 1. The van der Waals surface area contributed by atoms with Gasteiger partial charge in [0.25, 0.3) is 0 Å². The van der Waals surface area contributed by atoms with Crippen molar-refractivity contribution in [2.75, 3.05) is 18.4 Å². The van der Waals surface area contributed by atoms with Crippen molar-refractivity contribution >= 4 is 11.7 Å². The van der Waals surface area contributed by atoms with E-state index in [-0.39, 0.29) is 12.2 Å². The van der Waals surface area contributed by atoms with Crippen LogP contribution >= 0.6 is 0 Å². The van der Waals surface area contributed by atoms with Gasteiger partial charge in [-0.15, -0.1) is 0 Å². The lowest BCUT2D eigenvalue weighted by atomic mass is 10.2. The predicted octanol–water partition coefficient (Wildman–Crippen LogP) is 1.28. The summed E-state index contributed by atoms with van der Waals surface area (Å²) in [6.45, 7) is 2.48. The second-order valence-electron chi connectivity index (χ2n) is 3.18. The topological polar surface area (TPSA) is 67.2 Å². The number of nitrogens with one attached hydrogen (secondary N) is 2. The zero-order chi connectivity index (χ0) is 12.7. The van der Waals surface area contributed by atoms with Gasteiger partial charge in [0, 0.05) is 12.1 Å². The minimum Gasteiger partial charge on any atom is -0.338 e. The summed E-state index contributed by atoms with van der Waals surface area (Å²) >= 11 is 0. The molecule has 5 heteroatoms. The van der Waals surface area contributed by atoms with Crippen molar-refractivity contribution in [2.24, 2.45) is 5.73 Å². The molecule has 1 aromatic rings. The van der Waals surface area contributed by atoms with Crippen molar-refractivity contribution in [3.8, 4) is 11.8 Å². The maximum Gasteiger partial charge on any atom is 0.319 e. The number of hydrogen-bond donors (Lipinski definition) is 3. The smallest absolute Gasteiger partial charge is 0.319 e. The lowest BCUT2D eigenvalue weighted by Crippen LogP contribution is -2.28. The van der Waals surface area contributed by atoms with Gasteiger partial charge >= 0.3 is 6.03 Å². The van der Waals surface area contributed by atoms with Crippen molar-refractivity contribution in [1.29, 1.82) is 0 Å². The molecular formula is C12H14FN3O. The third-order valence-corrected chi connectivity index (χ3v) is 1.89. The van der Waals surface area contributed by atoms with Gasteiger partial charge in [-0.3, -0.25) is 0 Å². The molecule has 0 aromatic heterocycles. The first kappa shape index (κ1) is 13.0. The summed E-state index contributed by atoms with van der Waals surface area (Å²) in [5.41, 5.74) is 5.85. The van der Waals surface area contributed by atoms with Crippen LogP contribution < -0.4 is 16.4 Å². The zero-order valence-electron chi connectivity index (χ0n) is 9.51. The maximum absolute atomic E-state index is 13.5. The zero-order valence-corrected chi connectivity index (χ0v) is 9.51. The Morgan fingerprint density at radius 2 is 2.29 bits per heavy atom. The highest BCUT2D eigenvalue weighted by Gasteiger charge is 2.05. The summed E-state index contributed by atoms with van der Waals surface area (Å²) < 4.78 is 13.5. The van der Waals surface area contributed by atoms with E-state index in [2.05, 4.69) is 22.5 Å². The first-order valence-corrected chi connectivity index (χ1v) is 5.20. The molecule has 0 aliphatic rings. The fourth-order valence-electron chi connectivity index (χ4n) is 1.17. The van der Waals surface area contributed by atoms with E-state index in [1.54, 1.807) is 13.0 Å². The number of hydrogen-bond acceptors (Lipinski definition) is 2. The average molecular weight is 235 g/mol. The fraction of sp³-hybridized carbons (Fsp3) is 0.250. The van der Waals surface area contributed by atoms with Crippen molar-refractivity contribution in [3.05, 3.63) is 29.6 Å². The Kier molecular flexibility index (Phi) is 4.98. The number of benzene rings is 1. The molecule has 2 amide bonds. The van der Waals surface area contributed by atoms with Crippen molar-refractivity contribution in [2.45, 2.75) is 6.92 Å². The van der Waals surface area contributed by atoms with E-state index in [0.717, 1.165) is 0 Å². The Balaban J connectivity index is 2.79. The standard InChI is InChI=1S/C12H14FN3O/c1-2-15-12(17)16-11-6-5-9(4-3-7-14)8-10(11)13/h5-6,8H,2,7,14H2,1H3,(H2,15,16,17). The van der Waals surface area contributed by atoms with E-state index < -0.39 is 11.8 Å². The number of halogens is 1. The third-order valence-electron chi connectivity index (χ3n) is 1.89. The molecule has 0 saturated heterocycles. The second-order valence-corrected chi connectivity index (χ2v) is 3.18. The molecule has 90 valence electrons. The first-order valence-electron chi connectivity index (χ1n) is 5.20. The van der Waals surface area contributed by atoms with Crippen LogP contribution in [-0.2, 0) is 0 Å². The molecule has 0 bridgehead atoms. The van der Waals surface area contributed by atoms with Crippen LogP contribution in [0.3, 0.4) is 0 Å². The van der Waals surface area contributed by atoms with Gasteiger partial charge in [-0.1, -0.05) is 11.8 Å². The van der Waals surface area contributed by atoms with Gasteiger partial charge in [-0.2, -0.15) is 0 Å². The van der Waals surface area contributed by atoms with Crippen LogP contribution in [0.15, 0.2) is 18.2 Å². The maximum atomic E-state index is 13.5. The highest BCUT2D eigenvalue weighted by atomic mass is 19.1. The van der Waals surface area contributed by atoms with Gasteiger partial charge in [0.15, 0.2) is 0 Å². The third kappa shape index (κ3) is 4.13. The van der Waals surface area contributed by atoms with Crippen LogP contribution in [0.25, 0.3) is 0 Å². The molecule has 17 heavy (non-hydrogen) atoms. The summed E-state index contributed by atoms with van der Waals surface area (Å²) in [4.78, 5) is 11.2. The molecule has 1 aromatic carbocycles. The molecule has 0 heterocycles. The number of nitrogens with two attached hydrogens (primary N) is 1. The Morgan fingerprint density at radius 1 is 1.53 bits per heavy atom. The van der Waals surface area contributed by atoms with Crippen LogP contribution in [-0.4, -0.2) is 19.1 Å². The second kappa shape index (κ2) is 6.51. The lowest BCUT2D eigenvalue weighted by Gasteiger charge is -2.06. The van der Waals surface area contributed by atoms with E-state index in [1.165, 1.54) is 12.1 Å². The molecule has 0 atom stereocenters.